The SMILES string of the molecule is CC/C=C/C=C/C=C/CCCCCCCCC(O)C(=O)NC(COC1OC(CO)C(O)C(O)C1OC(=O)CC/C=C/C/C=C\CCCCCCCC)C(O)/C=C/CCCCCCCCCCCCC. The van der Waals surface area contributed by atoms with E-state index in [0.717, 1.165) is 77.0 Å². The topological polar surface area (TPSA) is 175 Å². The number of nitrogens with one attached hydrogen (secondary N) is 1. The fourth-order valence-corrected chi connectivity index (χ4v) is 8.23. The van der Waals surface area contributed by atoms with Crippen molar-refractivity contribution in [3.8, 4) is 0 Å². The zero-order valence-electron chi connectivity index (χ0n) is 43.7. The first-order valence-electron chi connectivity index (χ1n) is 27.7. The molecule has 1 aliphatic rings. The average molecular weight is 972 g/mol. The average Bonchev–Trinajstić information content (AvgIpc) is 3.34. The van der Waals surface area contributed by atoms with Crippen LogP contribution in [0.5, 0.6) is 0 Å². The molecule has 398 valence electrons. The van der Waals surface area contributed by atoms with Crippen LogP contribution in [-0.4, -0.2) is 99.6 Å². The molecule has 1 aliphatic heterocycles. The van der Waals surface area contributed by atoms with E-state index in [1.54, 1.807) is 6.08 Å². The van der Waals surface area contributed by atoms with Crippen molar-refractivity contribution in [1.82, 2.24) is 5.32 Å². The summed E-state index contributed by atoms with van der Waals surface area (Å²) >= 11 is 0. The fraction of sp³-hybridized carbons (Fsp3) is 0.759. The first-order valence-corrected chi connectivity index (χ1v) is 27.7. The number of amides is 1. The van der Waals surface area contributed by atoms with E-state index in [9.17, 15) is 35.1 Å². The summed E-state index contributed by atoms with van der Waals surface area (Å²) in [5, 5.41) is 56.7. The van der Waals surface area contributed by atoms with Crippen LogP contribution in [0.1, 0.15) is 220 Å². The molecule has 0 aromatic carbocycles. The van der Waals surface area contributed by atoms with Gasteiger partial charge in [0.15, 0.2) is 12.4 Å². The van der Waals surface area contributed by atoms with Crippen LogP contribution in [0.3, 0.4) is 0 Å². The Labute approximate surface area is 420 Å². The largest absolute Gasteiger partial charge is 0.454 e. The van der Waals surface area contributed by atoms with Gasteiger partial charge in [0, 0.05) is 6.42 Å². The molecular formula is C58H101NO10. The second-order valence-electron chi connectivity index (χ2n) is 19.0. The van der Waals surface area contributed by atoms with Gasteiger partial charge in [-0.25, -0.2) is 0 Å². The third kappa shape index (κ3) is 35.0. The number of unbranched alkanes of at least 4 members (excludes halogenated alkanes) is 23. The van der Waals surface area contributed by atoms with Gasteiger partial charge in [0.1, 0.15) is 24.4 Å². The van der Waals surface area contributed by atoms with Gasteiger partial charge >= 0.3 is 5.97 Å². The third-order valence-corrected chi connectivity index (χ3v) is 12.7. The number of allylic oxidation sites excluding steroid dienone is 11. The summed E-state index contributed by atoms with van der Waals surface area (Å²) in [7, 11) is 0. The lowest BCUT2D eigenvalue weighted by Crippen LogP contribution is -2.61. The standard InChI is InChI=1S/C58H101NO10/c1-4-7-10-13-16-19-22-25-28-30-33-36-39-42-45-51(62)57(66)59-49(50(61)44-41-38-35-32-29-26-23-20-17-14-11-8-5-2)48-67-58-56(55(65)54(64)52(47-60)68-58)69-53(63)46-43-40-37-34-31-27-24-21-18-15-12-9-6-3/h7,10,13,16,19,22,27,31,37,40-41,44,49-52,54-56,58,60-62,64-65H,4-6,8-9,11-12,14-15,17-18,20-21,23-26,28-30,32-36,38-39,42-43,45-48H2,1-3H3,(H,59,66)/b10-7+,16-13+,22-19+,31-27-,40-37+,44-41+. The van der Waals surface area contributed by atoms with Crippen molar-refractivity contribution >= 4 is 11.9 Å². The highest BCUT2D eigenvalue weighted by atomic mass is 16.7. The molecule has 11 nitrogen and oxygen atoms in total. The van der Waals surface area contributed by atoms with Crippen LogP contribution in [0.15, 0.2) is 72.9 Å². The molecular weight excluding hydrogens is 871 g/mol. The van der Waals surface area contributed by atoms with E-state index in [1.165, 1.54) is 96.3 Å². The third-order valence-electron chi connectivity index (χ3n) is 12.7. The van der Waals surface area contributed by atoms with E-state index in [4.69, 9.17) is 14.2 Å². The first kappa shape index (κ1) is 64.1. The normalized spacial score (nSPS) is 20.4. The number of ether oxygens (including phenoxy) is 3. The first-order chi connectivity index (χ1) is 33.7. The zero-order valence-corrected chi connectivity index (χ0v) is 43.7. The van der Waals surface area contributed by atoms with Gasteiger partial charge in [-0.1, -0.05) is 222 Å². The van der Waals surface area contributed by atoms with E-state index in [2.05, 4.69) is 62.5 Å². The number of esters is 1. The number of carbonyl (C=O) groups is 2. The molecule has 0 spiro atoms. The minimum Gasteiger partial charge on any atom is -0.454 e. The van der Waals surface area contributed by atoms with Crippen molar-refractivity contribution in [3.05, 3.63) is 72.9 Å². The van der Waals surface area contributed by atoms with Gasteiger partial charge in [-0.15, -0.1) is 0 Å². The zero-order chi connectivity index (χ0) is 50.4. The summed E-state index contributed by atoms with van der Waals surface area (Å²) in [6.07, 6.45) is 46.7. The van der Waals surface area contributed by atoms with Crippen molar-refractivity contribution in [2.75, 3.05) is 13.2 Å². The van der Waals surface area contributed by atoms with Gasteiger partial charge in [-0.2, -0.15) is 0 Å². The minimum atomic E-state index is -1.64. The van der Waals surface area contributed by atoms with Crippen molar-refractivity contribution in [1.29, 1.82) is 0 Å². The Bertz CT molecular complexity index is 1390. The number of aliphatic hydroxyl groups is 5. The van der Waals surface area contributed by atoms with Crippen molar-refractivity contribution in [3.63, 3.8) is 0 Å². The lowest BCUT2D eigenvalue weighted by Gasteiger charge is -2.41. The van der Waals surface area contributed by atoms with Gasteiger partial charge in [-0.05, 0) is 64.2 Å². The van der Waals surface area contributed by atoms with Crippen LogP contribution in [0, 0.1) is 0 Å². The molecule has 69 heavy (non-hydrogen) atoms. The lowest BCUT2D eigenvalue weighted by atomic mass is 9.99. The molecule has 1 rings (SSSR count). The molecule has 0 saturated carbocycles. The molecule has 1 saturated heterocycles. The summed E-state index contributed by atoms with van der Waals surface area (Å²) in [5.74, 6) is -1.28. The molecule has 8 unspecified atom stereocenters. The molecule has 0 aliphatic carbocycles. The maximum absolute atomic E-state index is 13.3. The second kappa shape index (κ2) is 46.2. The van der Waals surface area contributed by atoms with E-state index in [-0.39, 0.29) is 19.4 Å². The number of hydrogen-bond acceptors (Lipinski definition) is 10. The van der Waals surface area contributed by atoms with Gasteiger partial charge in [-0.3, -0.25) is 9.59 Å². The Balaban J connectivity index is 2.81. The Morgan fingerprint density at radius 2 is 1.10 bits per heavy atom. The van der Waals surface area contributed by atoms with Crippen LogP contribution in [0.2, 0.25) is 0 Å². The van der Waals surface area contributed by atoms with Crippen molar-refractivity contribution in [2.45, 2.75) is 269 Å². The Kier molecular flexibility index (Phi) is 42.9. The van der Waals surface area contributed by atoms with Gasteiger partial charge in [0.2, 0.25) is 5.91 Å². The van der Waals surface area contributed by atoms with Crippen molar-refractivity contribution in [2.24, 2.45) is 0 Å². The highest BCUT2D eigenvalue weighted by molar-refractivity contribution is 5.80. The lowest BCUT2D eigenvalue weighted by molar-refractivity contribution is -0.305. The summed E-state index contributed by atoms with van der Waals surface area (Å²) in [6.45, 7) is 5.58. The maximum atomic E-state index is 13.3. The van der Waals surface area contributed by atoms with E-state index >= 15 is 0 Å². The van der Waals surface area contributed by atoms with E-state index < -0.39 is 67.4 Å². The smallest absolute Gasteiger partial charge is 0.306 e. The number of carbonyl (C=O) groups excluding carboxylic acids is 2. The monoisotopic (exact) mass is 972 g/mol. The molecule has 8 atom stereocenters. The minimum absolute atomic E-state index is 0.0138. The number of rotatable bonds is 45. The fourth-order valence-electron chi connectivity index (χ4n) is 8.23. The quantitative estimate of drug-likeness (QED) is 0.0149. The van der Waals surface area contributed by atoms with Gasteiger partial charge in [0.05, 0.1) is 25.4 Å². The predicted octanol–water partition coefficient (Wildman–Crippen LogP) is 12.1. The van der Waals surface area contributed by atoms with Crippen LogP contribution < -0.4 is 5.32 Å². The Morgan fingerprint density at radius 3 is 1.67 bits per heavy atom. The van der Waals surface area contributed by atoms with Crippen LogP contribution in [0.25, 0.3) is 0 Å². The molecule has 0 radical (unpaired) electrons. The number of aliphatic hydroxyl groups excluding tert-OH is 5. The summed E-state index contributed by atoms with van der Waals surface area (Å²) in [4.78, 5) is 26.4. The molecule has 1 fully saturated rings. The highest BCUT2D eigenvalue weighted by Crippen LogP contribution is 2.26. The van der Waals surface area contributed by atoms with E-state index in [0.29, 0.717) is 12.8 Å². The summed E-state index contributed by atoms with van der Waals surface area (Å²) < 4.78 is 17.5. The number of hydrogen-bond donors (Lipinski definition) is 6. The van der Waals surface area contributed by atoms with E-state index in [1.807, 2.05) is 30.4 Å². The van der Waals surface area contributed by atoms with Crippen LogP contribution in [0.4, 0.5) is 0 Å². The Hall–Kier alpha value is -2.90. The molecule has 0 aromatic rings. The Morgan fingerprint density at radius 1 is 0.594 bits per heavy atom. The summed E-state index contributed by atoms with van der Waals surface area (Å²) in [6, 6.07) is -1.04. The molecule has 6 N–H and O–H groups in total. The molecule has 0 bridgehead atoms. The molecule has 1 heterocycles. The molecule has 11 heteroatoms. The van der Waals surface area contributed by atoms with Gasteiger partial charge in [0.25, 0.3) is 0 Å². The molecule has 0 aromatic heterocycles. The molecule has 1 amide bonds. The van der Waals surface area contributed by atoms with Crippen LogP contribution >= 0.6 is 0 Å². The highest BCUT2D eigenvalue weighted by Gasteiger charge is 2.47. The maximum Gasteiger partial charge on any atom is 0.306 e. The van der Waals surface area contributed by atoms with Crippen LogP contribution in [-0.2, 0) is 23.8 Å². The van der Waals surface area contributed by atoms with Crippen molar-refractivity contribution < 1.29 is 49.3 Å². The predicted molar refractivity (Wildman–Crippen MR) is 283 cm³/mol. The second-order valence-corrected chi connectivity index (χ2v) is 19.0. The summed E-state index contributed by atoms with van der Waals surface area (Å²) in [5.41, 5.74) is 0. The van der Waals surface area contributed by atoms with Gasteiger partial charge < -0.3 is 45.1 Å².